The highest BCUT2D eigenvalue weighted by atomic mass is 32.1. The Bertz CT molecular complexity index is 671. The molecule has 4 rings (SSSR count). The Balaban J connectivity index is 1.39. The van der Waals surface area contributed by atoms with Crippen LogP contribution in [0.25, 0.3) is 0 Å². The Labute approximate surface area is 132 Å². The second-order valence-electron chi connectivity index (χ2n) is 6.01. The van der Waals surface area contributed by atoms with E-state index >= 15 is 0 Å². The zero-order chi connectivity index (χ0) is 15.1. The average Bonchev–Trinajstić information content (AvgIpc) is 3.14. The van der Waals surface area contributed by atoms with Crippen LogP contribution in [0, 0.1) is 5.92 Å². The first-order chi connectivity index (χ1) is 10.7. The minimum absolute atomic E-state index is 0.0558. The van der Waals surface area contributed by atoms with Crippen LogP contribution in [-0.4, -0.2) is 51.5 Å². The molecule has 5 nitrogen and oxygen atoms in total. The number of carbonyl (C=O) groups excluding carboxylic acids is 1. The van der Waals surface area contributed by atoms with Crippen molar-refractivity contribution in [3.05, 3.63) is 46.4 Å². The number of thiazole rings is 1. The Morgan fingerprint density at radius 1 is 1.27 bits per heavy atom. The van der Waals surface area contributed by atoms with Gasteiger partial charge in [-0.2, -0.15) is 0 Å². The van der Waals surface area contributed by atoms with E-state index in [1.165, 1.54) is 16.9 Å². The van der Waals surface area contributed by atoms with E-state index in [0.29, 0.717) is 23.4 Å². The lowest BCUT2D eigenvalue weighted by atomic mass is 9.91. The molecule has 1 aromatic heterocycles. The summed E-state index contributed by atoms with van der Waals surface area (Å²) in [5.41, 5.74) is 3.46. The number of hydrogen-bond acceptors (Lipinski definition) is 5. The molecular weight excluding hydrogens is 298 g/mol. The molecule has 2 aliphatic heterocycles. The molecule has 1 N–H and O–H groups in total. The lowest BCUT2D eigenvalue weighted by Gasteiger charge is -2.43. The van der Waals surface area contributed by atoms with Gasteiger partial charge in [0.15, 0.2) is 0 Å². The first-order valence-electron chi connectivity index (χ1n) is 7.40. The normalized spacial score (nSPS) is 24.1. The van der Waals surface area contributed by atoms with Crippen LogP contribution < -0.4 is 0 Å². The number of likely N-dealkylation sites (tertiary alicyclic amines) is 2. The van der Waals surface area contributed by atoms with Gasteiger partial charge >= 0.3 is 0 Å². The smallest absolute Gasteiger partial charge is 0.273 e. The highest BCUT2D eigenvalue weighted by molar-refractivity contribution is 7.07. The van der Waals surface area contributed by atoms with E-state index in [0.717, 1.165) is 26.2 Å². The third-order valence-electron chi connectivity index (χ3n) is 4.61. The molecule has 22 heavy (non-hydrogen) atoms. The summed E-state index contributed by atoms with van der Waals surface area (Å²) in [6.45, 7) is 3.54. The number of phenols is 1. The Hall–Kier alpha value is -1.92. The van der Waals surface area contributed by atoms with Crippen molar-refractivity contribution in [2.45, 2.75) is 12.6 Å². The van der Waals surface area contributed by atoms with Gasteiger partial charge in [0, 0.05) is 43.5 Å². The molecule has 0 aliphatic carbocycles. The maximum absolute atomic E-state index is 12.4. The minimum Gasteiger partial charge on any atom is -0.508 e. The number of rotatable bonds is 3. The highest BCUT2D eigenvalue weighted by Gasteiger charge is 2.46. The predicted octanol–water partition coefficient (Wildman–Crippen LogP) is 1.81. The zero-order valence-electron chi connectivity index (χ0n) is 12.1. The fourth-order valence-corrected chi connectivity index (χ4v) is 3.94. The number of benzene rings is 1. The molecule has 2 aromatic rings. The number of fused-ring (bicyclic) bond motifs is 1. The third-order valence-corrected chi connectivity index (χ3v) is 5.19. The van der Waals surface area contributed by atoms with E-state index in [9.17, 15) is 9.90 Å². The number of amides is 1. The fraction of sp³-hybridized carbons (Fsp3) is 0.375. The summed E-state index contributed by atoms with van der Waals surface area (Å²) in [6.07, 6.45) is 0. The molecule has 2 atom stereocenters. The lowest BCUT2D eigenvalue weighted by Crippen LogP contribution is -2.54. The van der Waals surface area contributed by atoms with Crippen LogP contribution in [0.2, 0.25) is 0 Å². The highest BCUT2D eigenvalue weighted by Crippen LogP contribution is 2.34. The summed E-state index contributed by atoms with van der Waals surface area (Å²) in [5, 5.41) is 11.2. The topological polar surface area (TPSA) is 56.7 Å². The number of carbonyl (C=O) groups is 1. The van der Waals surface area contributed by atoms with Crippen molar-refractivity contribution >= 4 is 17.2 Å². The summed E-state index contributed by atoms with van der Waals surface area (Å²) in [5.74, 6) is 0.936. The van der Waals surface area contributed by atoms with Gasteiger partial charge in [-0.05, 0) is 17.7 Å². The maximum atomic E-state index is 12.4. The van der Waals surface area contributed by atoms with E-state index in [4.69, 9.17) is 0 Å². The predicted molar refractivity (Wildman–Crippen MR) is 83.8 cm³/mol. The number of nitrogens with zero attached hydrogens (tertiary/aromatic N) is 3. The molecule has 2 aliphatic rings. The number of aromatic nitrogens is 1. The van der Waals surface area contributed by atoms with Crippen LogP contribution in [0.15, 0.2) is 35.2 Å². The number of aromatic hydroxyl groups is 1. The van der Waals surface area contributed by atoms with Crippen LogP contribution >= 0.6 is 11.3 Å². The van der Waals surface area contributed by atoms with Gasteiger partial charge in [-0.25, -0.2) is 4.98 Å². The molecule has 0 saturated carbocycles. The molecule has 1 aromatic carbocycles. The molecule has 2 saturated heterocycles. The van der Waals surface area contributed by atoms with Crippen molar-refractivity contribution in [3.8, 4) is 5.75 Å². The van der Waals surface area contributed by atoms with Gasteiger partial charge in [-0.1, -0.05) is 12.1 Å². The molecule has 6 heteroatoms. The Morgan fingerprint density at radius 3 is 2.82 bits per heavy atom. The monoisotopic (exact) mass is 315 g/mol. The zero-order valence-corrected chi connectivity index (χ0v) is 12.9. The molecule has 3 heterocycles. The first kappa shape index (κ1) is 13.7. The molecule has 2 fully saturated rings. The van der Waals surface area contributed by atoms with Gasteiger partial charge in [-0.15, -0.1) is 11.3 Å². The molecule has 1 amide bonds. The second-order valence-corrected chi connectivity index (χ2v) is 6.73. The summed E-state index contributed by atoms with van der Waals surface area (Å²) in [6, 6.07) is 7.81. The standard InChI is InChI=1S/C16H17N3O2S/c20-13-3-1-11(2-4-13)5-18-6-12-7-19(8-15(12)18)16(21)14-9-22-10-17-14/h1-4,9-10,12,15,20H,5-8H2/t12-,15+/m1/s1. The van der Waals surface area contributed by atoms with E-state index in [1.807, 2.05) is 22.4 Å². The van der Waals surface area contributed by atoms with Crippen LogP contribution in [0.1, 0.15) is 16.1 Å². The molecule has 0 bridgehead atoms. The Morgan fingerprint density at radius 2 is 2.09 bits per heavy atom. The molecular formula is C16H17N3O2S. The average molecular weight is 315 g/mol. The summed E-state index contributed by atoms with van der Waals surface area (Å²) >= 11 is 1.46. The van der Waals surface area contributed by atoms with Crippen LogP contribution in [0.4, 0.5) is 0 Å². The SMILES string of the molecule is O=C(c1cscn1)N1C[C@H]2CN(Cc3ccc(O)cc3)[C@H]2C1. The maximum Gasteiger partial charge on any atom is 0.273 e. The molecule has 0 spiro atoms. The quantitative estimate of drug-likeness (QED) is 0.938. The van der Waals surface area contributed by atoms with E-state index in [1.54, 1.807) is 17.6 Å². The fourth-order valence-electron chi connectivity index (χ4n) is 3.41. The summed E-state index contributed by atoms with van der Waals surface area (Å²) < 4.78 is 0. The number of hydrogen-bond donors (Lipinski definition) is 1. The van der Waals surface area contributed by atoms with Crippen molar-refractivity contribution in [2.24, 2.45) is 5.92 Å². The molecule has 0 radical (unpaired) electrons. The van der Waals surface area contributed by atoms with Crippen molar-refractivity contribution in [1.29, 1.82) is 0 Å². The number of phenolic OH excluding ortho intramolecular Hbond substituents is 1. The lowest BCUT2D eigenvalue weighted by molar-refractivity contribution is 0.0433. The van der Waals surface area contributed by atoms with E-state index in [-0.39, 0.29) is 5.91 Å². The first-order valence-corrected chi connectivity index (χ1v) is 8.34. The van der Waals surface area contributed by atoms with E-state index in [2.05, 4.69) is 9.88 Å². The van der Waals surface area contributed by atoms with Crippen molar-refractivity contribution < 1.29 is 9.90 Å². The van der Waals surface area contributed by atoms with Crippen LogP contribution in [-0.2, 0) is 6.54 Å². The van der Waals surface area contributed by atoms with E-state index < -0.39 is 0 Å². The summed E-state index contributed by atoms with van der Waals surface area (Å²) in [4.78, 5) is 20.8. The van der Waals surface area contributed by atoms with Crippen molar-refractivity contribution in [3.63, 3.8) is 0 Å². The second kappa shape index (κ2) is 5.37. The van der Waals surface area contributed by atoms with Gasteiger partial charge in [0.2, 0.25) is 0 Å². The van der Waals surface area contributed by atoms with Crippen molar-refractivity contribution in [2.75, 3.05) is 19.6 Å². The third kappa shape index (κ3) is 2.38. The molecule has 0 unspecified atom stereocenters. The van der Waals surface area contributed by atoms with Crippen LogP contribution in [0.5, 0.6) is 5.75 Å². The van der Waals surface area contributed by atoms with Gasteiger partial charge in [0.05, 0.1) is 5.51 Å². The molecule has 114 valence electrons. The largest absolute Gasteiger partial charge is 0.508 e. The van der Waals surface area contributed by atoms with Gasteiger partial charge in [0.25, 0.3) is 5.91 Å². The minimum atomic E-state index is 0.0558. The van der Waals surface area contributed by atoms with Crippen molar-refractivity contribution in [1.82, 2.24) is 14.8 Å². The van der Waals surface area contributed by atoms with Gasteiger partial charge < -0.3 is 10.0 Å². The summed E-state index contributed by atoms with van der Waals surface area (Å²) in [7, 11) is 0. The van der Waals surface area contributed by atoms with Gasteiger partial charge in [0.1, 0.15) is 11.4 Å². The van der Waals surface area contributed by atoms with Crippen LogP contribution in [0.3, 0.4) is 0 Å². The van der Waals surface area contributed by atoms with Gasteiger partial charge in [-0.3, -0.25) is 9.69 Å². The Kier molecular flexibility index (Phi) is 3.35.